The smallest absolute Gasteiger partial charge is 0.268 e. The average molecular weight is 374 g/mol. The maximum Gasteiger partial charge on any atom is 0.268 e. The Kier molecular flexibility index (Phi) is 6.07. The van der Waals surface area contributed by atoms with Gasteiger partial charge in [-0.15, -0.1) is 0 Å². The van der Waals surface area contributed by atoms with E-state index in [-0.39, 0.29) is 17.5 Å². The Labute approximate surface area is 164 Å². The Balaban J connectivity index is 1.78. The Morgan fingerprint density at radius 1 is 1.00 bits per heavy atom. The zero-order valence-corrected chi connectivity index (χ0v) is 15.9. The summed E-state index contributed by atoms with van der Waals surface area (Å²) in [5.74, 6) is -0.257. The van der Waals surface area contributed by atoms with E-state index in [1.165, 1.54) is 12.3 Å². The Hall–Kier alpha value is -3.60. The van der Waals surface area contributed by atoms with E-state index in [1.807, 2.05) is 50.2 Å². The second-order valence-electron chi connectivity index (χ2n) is 6.51. The highest BCUT2D eigenvalue weighted by Crippen LogP contribution is 2.11. The molecule has 5 nitrogen and oxygen atoms in total. The van der Waals surface area contributed by atoms with Crippen molar-refractivity contribution in [3.63, 3.8) is 0 Å². The first kappa shape index (κ1) is 19.2. The van der Waals surface area contributed by atoms with Gasteiger partial charge in [0.15, 0.2) is 0 Å². The average Bonchev–Trinajstić information content (AvgIpc) is 3.19. The summed E-state index contributed by atoms with van der Waals surface area (Å²) < 4.78 is 5.30. The minimum absolute atomic E-state index is 0.121. The van der Waals surface area contributed by atoms with Gasteiger partial charge in [-0.2, -0.15) is 0 Å². The monoisotopic (exact) mass is 374 g/mol. The van der Waals surface area contributed by atoms with E-state index < -0.39 is 0 Å². The largest absolute Gasteiger partial charge is 0.465 e. The molecule has 5 heteroatoms. The van der Waals surface area contributed by atoms with E-state index in [9.17, 15) is 9.59 Å². The van der Waals surface area contributed by atoms with E-state index >= 15 is 0 Å². The van der Waals surface area contributed by atoms with Crippen LogP contribution in [-0.4, -0.2) is 11.8 Å². The highest BCUT2D eigenvalue weighted by atomic mass is 16.3. The number of aryl methyl sites for hydroxylation is 2. The molecule has 142 valence electrons. The SMILES string of the molecule is Cc1cccc(CNC(=O)/C(=C/c2ccco2)NC(=O)c2ccccc2C)c1. The Morgan fingerprint density at radius 3 is 2.54 bits per heavy atom. The Bertz CT molecular complexity index is 1000. The predicted octanol–water partition coefficient (Wildman–Crippen LogP) is 3.98. The number of hydrogen-bond donors (Lipinski definition) is 2. The van der Waals surface area contributed by atoms with Crippen LogP contribution in [0.25, 0.3) is 6.08 Å². The van der Waals surface area contributed by atoms with Crippen molar-refractivity contribution < 1.29 is 14.0 Å². The Morgan fingerprint density at radius 2 is 1.82 bits per heavy atom. The van der Waals surface area contributed by atoms with Gasteiger partial charge >= 0.3 is 0 Å². The van der Waals surface area contributed by atoms with E-state index in [4.69, 9.17) is 4.42 Å². The summed E-state index contributed by atoms with van der Waals surface area (Å²) in [6.45, 7) is 4.20. The molecule has 3 aromatic rings. The third-order valence-electron chi connectivity index (χ3n) is 4.25. The molecule has 1 heterocycles. The predicted molar refractivity (Wildman–Crippen MR) is 108 cm³/mol. The van der Waals surface area contributed by atoms with Crippen LogP contribution in [0.15, 0.2) is 77.0 Å². The molecular weight excluding hydrogens is 352 g/mol. The molecule has 2 aromatic carbocycles. The zero-order chi connectivity index (χ0) is 19.9. The molecule has 1 aromatic heterocycles. The summed E-state index contributed by atoms with van der Waals surface area (Å²) in [4.78, 5) is 25.4. The number of rotatable bonds is 6. The molecule has 0 unspecified atom stereocenters. The van der Waals surface area contributed by atoms with Crippen molar-refractivity contribution >= 4 is 17.9 Å². The van der Waals surface area contributed by atoms with Crippen LogP contribution in [0.3, 0.4) is 0 Å². The van der Waals surface area contributed by atoms with Crippen molar-refractivity contribution in [2.75, 3.05) is 0 Å². The van der Waals surface area contributed by atoms with Gasteiger partial charge in [0.25, 0.3) is 11.8 Å². The van der Waals surface area contributed by atoms with Gasteiger partial charge in [-0.05, 0) is 43.2 Å². The topological polar surface area (TPSA) is 71.3 Å². The first-order chi connectivity index (χ1) is 13.5. The third-order valence-corrected chi connectivity index (χ3v) is 4.25. The summed E-state index contributed by atoms with van der Waals surface area (Å²) in [5.41, 5.74) is 3.56. The molecular formula is C23H22N2O3. The summed E-state index contributed by atoms with van der Waals surface area (Å²) >= 11 is 0. The lowest BCUT2D eigenvalue weighted by molar-refractivity contribution is -0.117. The van der Waals surface area contributed by atoms with Gasteiger partial charge in [0, 0.05) is 18.2 Å². The lowest BCUT2D eigenvalue weighted by atomic mass is 10.1. The number of carbonyl (C=O) groups is 2. The number of benzene rings is 2. The number of nitrogens with one attached hydrogen (secondary N) is 2. The highest BCUT2D eigenvalue weighted by molar-refractivity contribution is 6.05. The first-order valence-corrected chi connectivity index (χ1v) is 8.99. The first-order valence-electron chi connectivity index (χ1n) is 8.99. The lowest BCUT2D eigenvalue weighted by Gasteiger charge is -2.12. The van der Waals surface area contributed by atoms with Gasteiger partial charge in [0.05, 0.1) is 6.26 Å². The number of furan rings is 1. The van der Waals surface area contributed by atoms with Gasteiger partial charge in [-0.3, -0.25) is 9.59 Å². The third kappa shape index (κ3) is 4.98. The number of hydrogen-bond acceptors (Lipinski definition) is 3. The standard InChI is InChI=1S/C23H22N2O3/c1-16-7-5-9-18(13-16)15-24-23(27)21(14-19-10-6-12-28-19)25-22(26)20-11-4-3-8-17(20)2/h3-14H,15H2,1-2H3,(H,24,27)(H,25,26)/b21-14-. The summed E-state index contributed by atoms with van der Waals surface area (Å²) in [7, 11) is 0. The van der Waals surface area contributed by atoms with Crippen LogP contribution < -0.4 is 10.6 Å². The molecule has 0 aliphatic heterocycles. The van der Waals surface area contributed by atoms with E-state index in [1.54, 1.807) is 24.3 Å². The molecule has 28 heavy (non-hydrogen) atoms. The van der Waals surface area contributed by atoms with Gasteiger partial charge < -0.3 is 15.1 Å². The molecule has 0 saturated carbocycles. The summed E-state index contributed by atoms with van der Waals surface area (Å²) in [6, 6.07) is 18.5. The summed E-state index contributed by atoms with van der Waals surface area (Å²) in [5, 5.41) is 5.56. The van der Waals surface area contributed by atoms with Crippen LogP contribution in [0.5, 0.6) is 0 Å². The quantitative estimate of drug-likeness (QED) is 0.641. The van der Waals surface area contributed by atoms with Gasteiger partial charge in [-0.1, -0.05) is 48.0 Å². The molecule has 0 spiro atoms. The lowest BCUT2D eigenvalue weighted by Crippen LogP contribution is -2.34. The molecule has 0 saturated heterocycles. The summed E-state index contributed by atoms with van der Waals surface area (Å²) in [6.07, 6.45) is 3.03. The van der Waals surface area contributed by atoms with Crippen LogP contribution in [-0.2, 0) is 11.3 Å². The molecule has 0 fully saturated rings. The second kappa shape index (κ2) is 8.86. The van der Waals surface area contributed by atoms with Gasteiger partial charge in [0.1, 0.15) is 11.5 Å². The van der Waals surface area contributed by atoms with Gasteiger partial charge in [-0.25, -0.2) is 0 Å². The normalized spacial score (nSPS) is 11.1. The van der Waals surface area contributed by atoms with Crippen LogP contribution >= 0.6 is 0 Å². The highest BCUT2D eigenvalue weighted by Gasteiger charge is 2.16. The molecule has 0 bridgehead atoms. The van der Waals surface area contributed by atoms with E-state index in [0.717, 1.165) is 16.7 Å². The second-order valence-corrected chi connectivity index (χ2v) is 6.51. The van der Waals surface area contributed by atoms with Crippen LogP contribution in [0.4, 0.5) is 0 Å². The molecule has 2 N–H and O–H groups in total. The van der Waals surface area contributed by atoms with Gasteiger partial charge in [0.2, 0.25) is 0 Å². The maximum atomic E-state index is 12.7. The minimum atomic E-state index is -0.389. The molecule has 0 atom stereocenters. The van der Waals surface area contributed by atoms with Crippen LogP contribution in [0.1, 0.15) is 32.8 Å². The molecule has 0 radical (unpaired) electrons. The van der Waals surface area contributed by atoms with Crippen molar-refractivity contribution in [2.24, 2.45) is 0 Å². The van der Waals surface area contributed by atoms with Crippen LogP contribution in [0.2, 0.25) is 0 Å². The fraction of sp³-hybridized carbons (Fsp3) is 0.130. The fourth-order valence-electron chi connectivity index (χ4n) is 2.79. The van der Waals surface area contributed by atoms with E-state index in [2.05, 4.69) is 10.6 Å². The minimum Gasteiger partial charge on any atom is -0.465 e. The number of amides is 2. The van der Waals surface area contributed by atoms with Crippen LogP contribution in [0, 0.1) is 13.8 Å². The van der Waals surface area contributed by atoms with Crippen molar-refractivity contribution in [3.05, 3.63) is 101 Å². The maximum absolute atomic E-state index is 12.7. The van der Waals surface area contributed by atoms with Crippen molar-refractivity contribution in [1.82, 2.24) is 10.6 Å². The zero-order valence-electron chi connectivity index (χ0n) is 15.9. The van der Waals surface area contributed by atoms with E-state index in [0.29, 0.717) is 17.9 Å². The number of carbonyl (C=O) groups excluding carboxylic acids is 2. The van der Waals surface area contributed by atoms with Crippen molar-refractivity contribution in [1.29, 1.82) is 0 Å². The molecule has 3 rings (SSSR count). The molecule has 2 amide bonds. The molecule has 0 aliphatic rings. The fourth-order valence-corrected chi connectivity index (χ4v) is 2.79. The molecule has 0 aliphatic carbocycles. The van der Waals surface area contributed by atoms with Crippen molar-refractivity contribution in [3.8, 4) is 0 Å². The van der Waals surface area contributed by atoms with Crippen molar-refractivity contribution in [2.45, 2.75) is 20.4 Å².